The monoisotopic (exact) mass is 291 g/mol. The van der Waals surface area contributed by atoms with Crippen LogP contribution in [-0.4, -0.2) is 20.1 Å². The molecule has 1 atom stereocenters. The summed E-state index contributed by atoms with van der Waals surface area (Å²) in [6, 6.07) is 6.04. The van der Waals surface area contributed by atoms with Gasteiger partial charge in [0.15, 0.2) is 9.84 Å². The quantitative estimate of drug-likeness (QED) is 0.802. The van der Waals surface area contributed by atoms with Gasteiger partial charge in [-0.3, -0.25) is 0 Å². The van der Waals surface area contributed by atoms with E-state index in [0.29, 0.717) is 5.56 Å². The molecule has 0 aromatic heterocycles. The molecule has 3 nitrogen and oxygen atoms in total. The Morgan fingerprint density at radius 3 is 2.59 bits per heavy atom. The number of rotatable bonds is 4. The third-order valence-corrected chi connectivity index (χ3v) is 5.15. The van der Waals surface area contributed by atoms with E-state index in [1.54, 1.807) is 6.92 Å². The largest absolute Gasteiger partial charge is 0.224 e. The van der Waals surface area contributed by atoms with E-state index >= 15 is 0 Å². The van der Waals surface area contributed by atoms with Gasteiger partial charge in [-0.15, -0.1) is 11.6 Å². The first kappa shape index (κ1) is 14.3. The van der Waals surface area contributed by atoms with Crippen LogP contribution in [-0.2, 0) is 9.84 Å². The molecule has 0 saturated heterocycles. The number of hydrogen-bond donors (Lipinski definition) is 0. The zero-order valence-electron chi connectivity index (χ0n) is 9.15. The lowest BCUT2D eigenvalue weighted by molar-refractivity contribution is 0.583. The van der Waals surface area contributed by atoms with Gasteiger partial charge in [-0.1, -0.05) is 18.5 Å². The van der Waals surface area contributed by atoms with Crippen molar-refractivity contribution in [1.82, 2.24) is 0 Å². The van der Waals surface area contributed by atoms with E-state index in [9.17, 15) is 8.42 Å². The molecule has 0 aliphatic heterocycles. The molecule has 0 aliphatic rings. The van der Waals surface area contributed by atoms with E-state index in [1.807, 2.05) is 6.07 Å². The van der Waals surface area contributed by atoms with E-state index in [4.69, 9.17) is 28.5 Å². The smallest absolute Gasteiger partial charge is 0.180 e. The number of hydrogen-bond acceptors (Lipinski definition) is 3. The third-order valence-electron chi connectivity index (χ3n) is 2.16. The lowest BCUT2D eigenvalue weighted by Gasteiger charge is -2.10. The molecular weight excluding hydrogens is 281 g/mol. The van der Waals surface area contributed by atoms with Crippen molar-refractivity contribution in [3.63, 3.8) is 0 Å². The Labute approximate surface area is 111 Å². The molecule has 1 aromatic rings. The fourth-order valence-corrected chi connectivity index (χ4v) is 3.78. The Bertz CT molecular complexity index is 549. The fraction of sp³-hybridized carbons (Fsp3) is 0.364. The zero-order chi connectivity index (χ0) is 13.1. The minimum atomic E-state index is -3.45. The molecule has 17 heavy (non-hydrogen) atoms. The summed E-state index contributed by atoms with van der Waals surface area (Å²) in [5.74, 6) is 0.0725. The normalized spacial score (nSPS) is 13.1. The van der Waals surface area contributed by atoms with Crippen molar-refractivity contribution in [2.75, 3.05) is 11.6 Å². The number of sulfone groups is 1. The van der Waals surface area contributed by atoms with Crippen LogP contribution in [0.5, 0.6) is 0 Å². The molecule has 0 N–H and O–H groups in total. The van der Waals surface area contributed by atoms with Crippen molar-refractivity contribution in [3.05, 3.63) is 28.8 Å². The minimum Gasteiger partial charge on any atom is -0.224 e. The summed E-state index contributed by atoms with van der Waals surface area (Å²) in [7, 11) is -3.45. The molecule has 1 unspecified atom stereocenters. The van der Waals surface area contributed by atoms with Gasteiger partial charge in [0, 0.05) is 5.88 Å². The summed E-state index contributed by atoms with van der Waals surface area (Å²) >= 11 is 11.4. The lowest BCUT2D eigenvalue weighted by Crippen LogP contribution is -2.15. The predicted molar refractivity (Wildman–Crippen MR) is 68.1 cm³/mol. The highest BCUT2D eigenvalue weighted by Crippen LogP contribution is 2.25. The van der Waals surface area contributed by atoms with Gasteiger partial charge >= 0.3 is 0 Å². The van der Waals surface area contributed by atoms with Crippen LogP contribution >= 0.6 is 23.2 Å². The second-order valence-corrected chi connectivity index (χ2v) is 6.52. The molecule has 0 aliphatic carbocycles. The Kier molecular flexibility index (Phi) is 4.81. The van der Waals surface area contributed by atoms with E-state index < -0.39 is 9.84 Å². The van der Waals surface area contributed by atoms with Crippen LogP contribution in [0.1, 0.15) is 12.5 Å². The third kappa shape index (κ3) is 3.60. The Balaban J connectivity index is 3.13. The lowest BCUT2D eigenvalue weighted by atomic mass is 10.2. The van der Waals surface area contributed by atoms with Crippen LogP contribution in [0.15, 0.2) is 23.1 Å². The van der Waals surface area contributed by atoms with Crippen molar-refractivity contribution in [1.29, 1.82) is 5.26 Å². The molecular formula is C11H11Cl2NO2S. The van der Waals surface area contributed by atoms with Crippen LogP contribution in [0.25, 0.3) is 0 Å². The average Bonchev–Trinajstić information content (AvgIpc) is 2.27. The minimum absolute atomic E-state index is 0.0510. The van der Waals surface area contributed by atoms with Crippen LogP contribution in [0.2, 0.25) is 5.02 Å². The topological polar surface area (TPSA) is 57.9 Å². The van der Waals surface area contributed by atoms with Gasteiger partial charge in [-0.25, -0.2) is 8.42 Å². The van der Waals surface area contributed by atoms with Gasteiger partial charge in [0.05, 0.1) is 27.3 Å². The summed E-state index contributed by atoms with van der Waals surface area (Å²) in [6.45, 7) is 1.75. The standard InChI is InChI=1S/C11H11Cl2NO2S/c1-8(5-12)7-17(15,16)11-3-2-9(6-14)4-10(11)13/h2-4,8H,5,7H2,1H3. The SMILES string of the molecule is CC(CCl)CS(=O)(=O)c1ccc(C#N)cc1Cl. The maximum atomic E-state index is 12.0. The van der Waals surface area contributed by atoms with Gasteiger partial charge in [-0.05, 0) is 24.1 Å². The van der Waals surface area contributed by atoms with Crippen molar-refractivity contribution in [3.8, 4) is 6.07 Å². The second-order valence-electron chi connectivity index (χ2n) is 3.80. The first-order chi connectivity index (χ1) is 7.90. The van der Waals surface area contributed by atoms with Gasteiger partial charge < -0.3 is 0 Å². The van der Waals surface area contributed by atoms with Gasteiger partial charge in [0.1, 0.15) is 0 Å². The molecule has 6 heteroatoms. The molecule has 0 bridgehead atoms. The molecule has 0 heterocycles. The molecule has 1 rings (SSSR count). The maximum absolute atomic E-state index is 12.0. The van der Waals surface area contributed by atoms with Gasteiger partial charge in [0.25, 0.3) is 0 Å². The van der Waals surface area contributed by atoms with Crippen LogP contribution in [0.3, 0.4) is 0 Å². The number of nitriles is 1. The highest BCUT2D eigenvalue weighted by Gasteiger charge is 2.21. The van der Waals surface area contributed by atoms with Crippen molar-refractivity contribution in [2.24, 2.45) is 5.92 Å². The van der Waals surface area contributed by atoms with E-state index in [0.717, 1.165) is 0 Å². The fourth-order valence-electron chi connectivity index (χ4n) is 1.33. The predicted octanol–water partition coefficient (Wildman–Crippen LogP) is 2.86. The highest BCUT2D eigenvalue weighted by molar-refractivity contribution is 7.91. The number of alkyl halides is 1. The highest BCUT2D eigenvalue weighted by atomic mass is 35.5. The van der Waals surface area contributed by atoms with E-state index in [1.165, 1.54) is 18.2 Å². The van der Waals surface area contributed by atoms with Crippen LogP contribution < -0.4 is 0 Å². The summed E-state index contributed by atoms with van der Waals surface area (Å²) in [5, 5.41) is 8.74. The summed E-state index contributed by atoms with van der Waals surface area (Å²) < 4.78 is 24.0. The van der Waals surface area contributed by atoms with Crippen LogP contribution in [0, 0.1) is 17.2 Å². The maximum Gasteiger partial charge on any atom is 0.180 e. The summed E-state index contributed by atoms with van der Waals surface area (Å²) in [5.41, 5.74) is 0.333. The molecule has 0 amide bonds. The van der Waals surface area contributed by atoms with Crippen molar-refractivity contribution >= 4 is 33.0 Å². The van der Waals surface area contributed by atoms with E-state index in [2.05, 4.69) is 0 Å². The molecule has 0 fully saturated rings. The van der Waals surface area contributed by atoms with Crippen LogP contribution in [0.4, 0.5) is 0 Å². The summed E-state index contributed by atoms with van der Waals surface area (Å²) in [6.07, 6.45) is 0. The summed E-state index contributed by atoms with van der Waals surface area (Å²) in [4.78, 5) is 0.0510. The number of benzene rings is 1. The number of nitrogens with zero attached hydrogens (tertiary/aromatic N) is 1. The first-order valence-electron chi connectivity index (χ1n) is 4.89. The van der Waals surface area contributed by atoms with Crippen molar-refractivity contribution in [2.45, 2.75) is 11.8 Å². The molecule has 0 spiro atoms. The van der Waals surface area contributed by atoms with Gasteiger partial charge in [0.2, 0.25) is 0 Å². The molecule has 0 saturated carbocycles. The zero-order valence-corrected chi connectivity index (χ0v) is 11.5. The average molecular weight is 292 g/mol. The van der Waals surface area contributed by atoms with Crippen molar-refractivity contribution < 1.29 is 8.42 Å². The first-order valence-corrected chi connectivity index (χ1v) is 7.45. The number of halogens is 2. The van der Waals surface area contributed by atoms with E-state index in [-0.39, 0.29) is 27.5 Å². The second kappa shape index (κ2) is 5.72. The molecule has 1 aromatic carbocycles. The van der Waals surface area contributed by atoms with Gasteiger partial charge in [-0.2, -0.15) is 5.26 Å². The Morgan fingerprint density at radius 1 is 1.47 bits per heavy atom. The molecule has 0 radical (unpaired) electrons. The Morgan fingerprint density at radius 2 is 2.12 bits per heavy atom. The Hall–Kier alpha value is -0.760. The molecule has 92 valence electrons.